The van der Waals surface area contributed by atoms with Crippen molar-refractivity contribution in [3.8, 4) is 0 Å². The molecule has 98 valence electrons. The number of hydrogen-bond acceptors (Lipinski definition) is 4. The monoisotopic (exact) mass is 248 g/mol. The number of nitrogens with zero attached hydrogens (tertiary/aromatic N) is 2. The second-order valence-electron chi connectivity index (χ2n) is 4.79. The van der Waals surface area contributed by atoms with E-state index in [9.17, 15) is 0 Å². The number of aromatic nitrogens is 1. The quantitative estimate of drug-likeness (QED) is 0.601. The van der Waals surface area contributed by atoms with E-state index >= 15 is 0 Å². The summed E-state index contributed by atoms with van der Waals surface area (Å²) in [4.78, 5) is 6.29. The normalized spacial score (nSPS) is 19.3. The van der Waals surface area contributed by atoms with E-state index in [-0.39, 0.29) is 5.84 Å². The highest BCUT2D eigenvalue weighted by atomic mass is 16.5. The van der Waals surface area contributed by atoms with E-state index in [2.05, 4.69) is 16.9 Å². The molecule has 1 atom stereocenters. The highest BCUT2D eigenvalue weighted by Gasteiger charge is 2.17. The Labute approximate surface area is 107 Å². The highest BCUT2D eigenvalue weighted by molar-refractivity contribution is 5.93. The predicted molar refractivity (Wildman–Crippen MR) is 70.6 cm³/mol. The van der Waals surface area contributed by atoms with Crippen LogP contribution in [0.1, 0.15) is 24.1 Å². The number of amidine groups is 1. The van der Waals surface area contributed by atoms with Gasteiger partial charge in [-0.3, -0.25) is 15.3 Å². The first-order chi connectivity index (χ1) is 8.65. The van der Waals surface area contributed by atoms with Crippen LogP contribution in [0.25, 0.3) is 0 Å². The van der Waals surface area contributed by atoms with E-state index in [4.69, 9.17) is 15.9 Å². The molecular weight excluding hydrogens is 228 g/mol. The van der Waals surface area contributed by atoms with Gasteiger partial charge in [-0.1, -0.05) is 0 Å². The fourth-order valence-corrected chi connectivity index (χ4v) is 2.23. The second-order valence-corrected chi connectivity index (χ2v) is 4.79. The van der Waals surface area contributed by atoms with Gasteiger partial charge in [-0.2, -0.15) is 0 Å². The van der Waals surface area contributed by atoms with Gasteiger partial charge in [-0.05, 0) is 37.6 Å². The number of rotatable bonds is 5. The maximum Gasteiger partial charge on any atom is 0.141 e. The van der Waals surface area contributed by atoms with Gasteiger partial charge in [-0.25, -0.2) is 0 Å². The molecule has 1 aliphatic heterocycles. The van der Waals surface area contributed by atoms with Crippen molar-refractivity contribution in [2.24, 2.45) is 5.73 Å². The van der Waals surface area contributed by atoms with Crippen molar-refractivity contribution < 1.29 is 4.74 Å². The van der Waals surface area contributed by atoms with E-state index in [0.717, 1.165) is 31.7 Å². The molecule has 5 nitrogen and oxygen atoms in total. The number of pyridine rings is 1. The van der Waals surface area contributed by atoms with Gasteiger partial charge in [0.25, 0.3) is 0 Å². The molecule has 0 spiro atoms. The molecule has 0 aromatic carbocycles. The fraction of sp³-hybridized carbons (Fsp3) is 0.538. The molecule has 3 N–H and O–H groups in total. The molecule has 5 heteroatoms. The number of hydrogen-bond donors (Lipinski definition) is 2. The Kier molecular flexibility index (Phi) is 4.28. The summed E-state index contributed by atoms with van der Waals surface area (Å²) in [6.45, 7) is 2.66. The Morgan fingerprint density at radius 1 is 1.67 bits per heavy atom. The van der Waals surface area contributed by atoms with Crippen LogP contribution in [0, 0.1) is 5.41 Å². The van der Waals surface area contributed by atoms with Crippen LogP contribution in [0.2, 0.25) is 0 Å². The van der Waals surface area contributed by atoms with Gasteiger partial charge in [0.2, 0.25) is 0 Å². The minimum Gasteiger partial charge on any atom is -0.382 e. The third kappa shape index (κ3) is 3.51. The smallest absolute Gasteiger partial charge is 0.141 e. The lowest BCUT2D eigenvalue weighted by molar-refractivity contribution is 0.0793. The maximum absolute atomic E-state index is 7.38. The topological polar surface area (TPSA) is 75.2 Å². The lowest BCUT2D eigenvalue weighted by atomic mass is 10.2. The molecule has 2 rings (SSSR count). The molecule has 1 aromatic heterocycles. The van der Waals surface area contributed by atoms with Crippen LogP contribution >= 0.6 is 0 Å². The van der Waals surface area contributed by atoms with Gasteiger partial charge in [0.05, 0.1) is 6.10 Å². The zero-order chi connectivity index (χ0) is 13.0. The van der Waals surface area contributed by atoms with Crippen LogP contribution in [0.5, 0.6) is 0 Å². The standard InChI is InChI=1S/C13H20N4O/c1-17(9-11-3-2-6-18-11)8-10-4-5-16-12(7-10)13(14)15/h4-5,7,11H,2-3,6,8-9H2,1H3,(H3,14,15). The molecule has 0 radical (unpaired) electrons. The fourth-order valence-electron chi connectivity index (χ4n) is 2.23. The van der Waals surface area contributed by atoms with Gasteiger partial charge in [-0.15, -0.1) is 0 Å². The summed E-state index contributed by atoms with van der Waals surface area (Å²) in [5, 5.41) is 7.38. The zero-order valence-corrected chi connectivity index (χ0v) is 10.7. The highest BCUT2D eigenvalue weighted by Crippen LogP contribution is 2.14. The Morgan fingerprint density at radius 3 is 3.17 bits per heavy atom. The van der Waals surface area contributed by atoms with Crippen molar-refractivity contribution in [2.75, 3.05) is 20.2 Å². The Balaban J connectivity index is 1.91. The first-order valence-electron chi connectivity index (χ1n) is 6.24. The van der Waals surface area contributed by atoms with Crippen LogP contribution in [-0.4, -0.2) is 42.0 Å². The minimum absolute atomic E-state index is 0.0126. The maximum atomic E-state index is 7.38. The summed E-state index contributed by atoms with van der Waals surface area (Å²) < 4.78 is 5.62. The molecule has 1 saturated heterocycles. The van der Waals surface area contributed by atoms with E-state index in [1.165, 1.54) is 6.42 Å². The summed E-state index contributed by atoms with van der Waals surface area (Å²) in [7, 11) is 2.08. The van der Waals surface area contributed by atoms with Crippen LogP contribution < -0.4 is 5.73 Å². The molecule has 1 fully saturated rings. The third-order valence-electron chi connectivity index (χ3n) is 3.09. The summed E-state index contributed by atoms with van der Waals surface area (Å²) >= 11 is 0. The average Bonchev–Trinajstić information content (AvgIpc) is 2.82. The molecular formula is C13H20N4O. The van der Waals surface area contributed by atoms with Gasteiger partial charge in [0, 0.05) is 25.9 Å². The predicted octanol–water partition coefficient (Wildman–Crippen LogP) is 0.976. The van der Waals surface area contributed by atoms with Crippen molar-refractivity contribution in [3.05, 3.63) is 29.6 Å². The van der Waals surface area contributed by atoms with E-state index in [1.54, 1.807) is 6.20 Å². The summed E-state index contributed by atoms with van der Waals surface area (Å²) in [6.07, 6.45) is 4.39. The van der Waals surface area contributed by atoms with Crippen molar-refractivity contribution in [3.63, 3.8) is 0 Å². The molecule has 2 heterocycles. The van der Waals surface area contributed by atoms with E-state index < -0.39 is 0 Å². The Bertz CT molecular complexity index is 415. The van der Waals surface area contributed by atoms with Gasteiger partial charge in [0.1, 0.15) is 11.5 Å². The average molecular weight is 248 g/mol. The molecule has 1 aliphatic rings. The van der Waals surface area contributed by atoms with Gasteiger partial charge < -0.3 is 10.5 Å². The largest absolute Gasteiger partial charge is 0.382 e. The number of nitrogen functional groups attached to an aromatic ring is 1. The third-order valence-corrected chi connectivity index (χ3v) is 3.09. The van der Waals surface area contributed by atoms with Gasteiger partial charge >= 0.3 is 0 Å². The van der Waals surface area contributed by atoms with Crippen LogP contribution in [0.15, 0.2) is 18.3 Å². The summed E-state index contributed by atoms with van der Waals surface area (Å²) in [6, 6.07) is 3.83. The van der Waals surface area contributed by atoms with Crippen LogP contribution in [0.4, 0.5) is 0 Å². The Hall–Kier alpha value is -1.46. The number of likely N-dealkylation sites (N-methyl/N-ethyl adjacent to an activating group) is 1. The van der Waals surface area contributed by atoms with Crippen LogP contribution in [-0.2, 0) is 11.3 Å². The number of nitrogens with two attached hydrogens (primary N) is 1. The van der Waals surface area contributed by atoms with E-state index in [0.29, 0.717) is 11.8 Å². The van der Waals surface area contributed by atoms with Crippen LogP contribution in [0.3, 0.4) is 0 Å². The number of nitrogens with one attached hydrogen (secondary N) is 1. The van der Waals surface area contributed by atoms with Crippen molar-refractivity contribution in [2.45, 2.75) is 25.5 Å². The number of ether oxygens (including phenoxy) is 1. The second kappa shape index (κ2) is 5.93. The lowest BCUT2D eigenvalue weighted by Gasteiger charge is -2.20. The van der Waals surface area contributed by atoms with Gasteiger partial charge in [0.15, 0.2) is 0 Å². The first-order valence-corrected chi connectivity index (χ1v) is 6.24. The summed E-state index contributed by atoms with van der Waals surface area (Å²) in [5.74, 6) is 0.0126. The van der Waals surface area contributed by atoms with Crippen molar-refractivity contribution >= 4 is 5.84 Å². The Morgan fingerprint density at radius 2 is 2.50 bits per heavy atom. The van der Waals surface area contributed by atoms with Crippen molar-refractivity contribution in [1.82, 2.24) is 9.88 Å². The summed E-state index contributed by atoms with van der Waals surface area (Å²) in [5.41, 5.74) is 7.09. The first kappa shape index (κ1) is 13.0. The van der Waals surface area contributed by atoms with Crippen molar-refractivity contribution in [1.29, 1.82) is 5.41 Å². The molecule has 0 aliphatic carbocycles. The minimum atomic E-state index is 0.0126. The molecule has 1 unspecified atom stereocenters. The zero-order valence-electron chi connectivity index (χ0n) is 10.7. The molecule has 0 saturated carbocycles. The molecule has 18 heavy (non-hydrogen) atoms. The molecule has 1 aromatic rings. The van der Waals surface area contributed by atoms with E-state index in [1.807, 2.05) is 12.1 Å². The molecule has 0 bridgehead atoms. The SMILES string of the molecule is CN(Cc1ccnc(C(=N)N)c1)CC1CCCO1. The molecule has 0 amide bonds. The lowest BCUT2D eigenvalue weighted by Crippen LogP contribution is -2.28.